The predicted octanol–water partition coefficient (Wildman–Crippen LogP) is 2.52. The summed E-state index contributed by atoms with van der Waals surface area (Å²) in [5.74, 6) is -0.739. The molecule has 0 radical (unpaired) electrons. The zero-order valence-electron chi connectivity index (χ0n) is 15.1. The second-order valence-corrected chi connectivity index (χ2v) is 6.83. The monoisotopic (exact) mass is 350 g/mol. The van der Waals surface area contributed by atoms with Crippen molar-refractivity contribution < 1.29 is 18.7 Å². The van der Waals surface area contributed by atoms with Crippen LogP contribution in [-0.4, -0.2) is 43.5 Å². The number of nitrogens with one attached hydrogen (secondary N) is 1. The van der Waals surface area contributed by atoms with E-state index in [0.29, 0.717) is 37.6 Å². The second-order valence-electron chi connectivity index (χ2n) is 6.83. The topological polar surface area (TPSA) is 58.6 Å². The third-order valence-electron chi connectivity index (χ3n) is 4.49. The molecule has 0 aliphatic carbocycles. The highest BCUT2D eigenvalue weighted by Gasteiger charge is 2.41. The van der Waals surface area contributed by atoms with Crippen molar-refractivity contribution in [1.29, 1.82) is 0 Å². The number of nitrogens with zero attached hydrogens (tertiary/aromatic N) is 1. The molecule has 1 saturated heterocycles. The van der Waals surface area contributed by atoms with Crippen LogP contribution < -0.4 is 5.32 Å². The fourth-order valence-electron chi connectivity index (χ4n) is 3.22. The summed E-state index contributed by atoms with van der Waals surface area (Å²) in [4.78, 5) is 26.8. The summed E-state index contributed by atoms with van der Waals surface area (Å²) in [5.41, 5.74) is 0.386. The maximum atomic E-state index is 14.4. The highest BCUT2D eigenvalue weighted by molar-refractivity contribution is 5.85. The maximum absolute atomic E-state index is 14.4. The summed E-state index contributed by atoms with van der Waals surface area (Å²) in [7, 11) is 1.55. The number of ether oxygens (including phenoxy) is 1. The lowest BCUT2D eigenvalue weighted by atomic mass is 9.83. The zero-order valence-corrected chi connectivity index (χ0v) is 15.1. The lowest BCUT2D eigenvalue weighted by molar-refractivity contribution is -0.144. The van der Waals surface area contributed by atoms with Crippen molar-refractivity contribution in [2.75, 3.05) is 26.8 Å². The summed E-state index contributed by atoms with van der Waals surface area (Å²) in [6.45, 7) is 5.28. The second kappa shape index (κ2) is 8.94. The van der Waals surface area contributed by atoms with E-state index in [1.807, 2.05) is 13.8 Å². The summed E-state index contributed by atoms with van der Waals surface area (Å²) in [6, 6.07) is 5.75. The number of benzene rings is 1. The molecule has 2 rings (SSSR count). The number of likely N-dealkylation sites (tertiary alicyclic amines) is 1. The highest BCUT2D eigenvalue weighted by atomic mass is 19.1. The Hall–Kier alpha value is -1.95. The fraction of sp³-hybridized carbons (Fsp3) is 0.579. The van der Waals surface area contributed by atoms with E-state index in [2.05, 4.69) is 5.32 Å². The average Bonchev–Trinajstić information content (AvgIpc) is 2.59. The van der Waals surface area contributed by atoms with Crippen LogP contribution in [0, 0.1) is 17.7 Å². The van der Waals surface area contributed by atoms with Crippen molar-refractivity contribution in [3.8, 4) is 0 Å². The van der Waals surface area contributed by atoms with Gasteiger partial charge in [-0.15, -0.1) is 0 Å². The summed E-state index contributed by atoms with van der Waals surface area (Å²) < 4.78 is 19.5. The van der Waals surface area contributed by atoms with E-state index in [-0.39, 0.29) is 18.2 Å². The number of methoxy groups -OCH3 is 1. The normalized spacial score (nSPS) is 20.8. The molecule has 1 fully saturated rings. The molecule has 6 heteroatoms. The van der Waals surface area contributed by atoms with Crippen LogP contribution in [-0.2, 0) is 14.3 Å². The maximum Gasteiger partial charge on any atom is 0.225 e. The summed E-state index contributed by atoms with van der Waals surface area (Å²) >= 11 is 0. The third kappa shape index (κ3) is 4.78. The number of hydrogen-bond donors (Lipinski definition) is 1. The van der Waals surface area contributed by atoms with Crippen LogP contribution in [0.4, 0.5) is 4.39 Å². The van der Waals surface area contributed by atoms with E-state index in [9.17, 15) is 14.0 Å². The Balaban J connectivity index is 2.34. The van der Waals surface area contributed by atoms with Crippen LogP contribution in [0.2, 0.25) is 0 Å². The van der Waals surface area contributed by atoms with Gasteiger partial charge < -0.3 is 15.0 Å². The van der Waals surface area contributed by atoms with Crippen molar-refractivity contribution in [1.82, 2.24) is 10.2 Å². The predicted molar refractivity (Wildman–Crippen MR) is 93.3 cm³/mol. The first kappa shape index (κ1) is 19.4. The van der Waals surface area contributed by atoms with Crippen LogP contribution in [0.5, 0.6) is 0 Å². The number of halogens is 1. The van der Waals surface area contributed by atoms with E-state index >= 15 is 0 Å². The molecule has 2 amide bonds. The lowest BCUT2D eigenvalue weighted by Crippen LogP contribution is -2.49. The van der Waals surface area contributed by atoms with Gasteiger partial charge in [0, 0.05) is 32.2 Å². The van der Waals surface area contributed by atoms with Crippen molar-refractivity contribution >= 4 is 11.8 Å². The molecule has 1 aromatic rings. The summed E-state index contributed by atoms with van der Waals surface area (Å²) in [5, 5.41) is 2.93. The molecule has 25 heavy (non-hydrogen) atoms. The molecule has 0 aromatic heterocycles. The van der Waals surface area contributed by atoms with Crippen LogP contribution in [0.3, 0.4) is 0 Å². The van der Waals surface area contributed by atoms with Crippen molar-refractivity contribution in [3.63, 3.8) is 0 Å². The van der Waals surface area contributed by atoms with Gasteiger partial charge in [0.2, 0.25) is 11.8 Å². The third-order valence-corrected chi connectivity index (χ3v) is 4.49. The molecular weight excluding hydrogens is 323 g/mol. The molecule has 1 N–H and O–H groups in total. The number of carbonyl (C=O) groups is 2. The van der Waals surface area contributed by atoms with E-state index in [0.717, 1.165) is 0 Å². The minimum absolute atomic E-state index is 0.0711. The van der Waals surface area contributed by atoms with Gasteiger partial charge in [0.1, 0.15) is 5.82 Å². The Morgan fingerprint density at radius 2 is 2.12 bits per heavy atom. The molecular formula is C19H27FN2O3. The standard InChI is InChI=1S/C19H27FN2O3/c1-13(2)12-21-19(24)15-8-9-17(23)22(10-11-25-3)18(15)14-6-4-5-7-16(14)20/h4-7,13,15,18H,8-12H2,1-3H3,(H,21,24)/t15-,18+/m1/s1. The van der Waals surface area contributed by atoms with Gasteiger partial charge >= 0.3 is 0 Å². The molecule has 1 aromatic carbocycles. The van der Waals surface area contributed by atoms with Crippen molar-refractivity contribution in [2.24, 2.45) is 11.8 Å². The average molecular weight is 350 g/mol. The molecule has 1 aliphatic rings. The SMILES string of the molecule is COCCN1C(=O)CC[C@@H](C(=O)NCC(C)C)[C@@H]1c1ccccc1F. The molecule has 138 valence electrons. The zero-order chi connectivity index (χ0) is 18.4. The minimum Gasteiger partial charge on any atom is -0.383 e. The molecule has 0 unspecified atom stereocenters. The van der Waals surface area contributed by atoms with Crippen LogP contribution >= 0.6 is 0 Å². The molecule has 0 spiro atoms. The first-order valence-electron chi connectivity index (χ1n) is 8.76. The quantitative estimate of drug-likeness (QED) is 0.822. The van der Waals surface area contributed by atoms with Gasteiger partial charge in [-0.3, -0.25) is 9.59 Å². The molecule has 0 bridgehead atoms. The van der Waals surface area contributed by atoms with Gasteiger partial charge in [-0.1, -0.05) is 32.0 Å². The van der Waals surface area contributed by atoms with Gasteiger partial charge in [-0.25, -0.2) is 4.39 Å². The van der Waals surface area contributed by atoms with E-state index in [1.165, 1.54) is 6.07 Å². The Labute approximate surface area is 148 Å². The molecule has 1 heterocycles. The number of hydrogen-bond acceptors (Lipinski definition) is 3. The smallest absolute Gasteiger partial charge is 0.225 e. The summed E-state index contributed by atoms with van der Waals surface area (Å²) in [6.07, 6.45) is 0.708. The molecule has 5 nitrogen and oxygen atoms in total. The number of piperidine rings is 1. The van der Waals surface area contributed by atoms with Gasteiger partial charge in [0.15, 0.2) is 0 Å². The van der Waals surface area contributed by atoms with Crippen molar-refractivity contribution in [2.45, 2.75) is 32.7 Å². The first-order valence-corrected chi connectivity index (χ1v) is 8.76. The van der Waals surface area contributed by atoms with Crippen molar-refractivity contribution in [3.05, 3.63) is 35.6 Å². The molecule has 1 aliphatic heterocycles. The van der Waals surface area contributed by atoms with Gasteiger partial charge in [0.25, 0.3) is 0 Å². The first-order chi connectivity index (χ1) is 12.0. The van der Waals surface area contributed by atoms with Crippen LogP contribution in [0.1, 0.15) is 38.3 Å². The molecule has 2 atom stereocenters. The van der Waals surface area contributed by atoms with Gasteiger partial charge in [-0.05, 0) is 18.4 Å². The number of carbonyl (C=O) groups excluding carboxylic acids is 2. The highest BCUT2D eigenvalue weighted by Crippen LogP contribution is 2.37. The Bertz CT molecular complexity index is 606. The van der Waals surface area contributed by atoms with E-state index < -0.39 is 17.8 Å². The van der Waals surface area contributed by atoms with Gasteiger partial charge in [-0.2, -0.15) is 0 Å². The number of amides is 2. The Morgan fingerprint density at radius 1 is 1.40 bits per heavy atom. The van der Waals surface area contributed by atoms with Gasteiger partial charge in [0.05, 0.1) is 18.6 Å². The number of rotatable bonds is 7. The lowest BCUT2D eigenvalue weighted by Gasteiger charge is -2.41. The largest absolute Gasteiger partial charge is 0.383 e. The molecule has 0 saturated carbocycles. The fourth-order valence-corrected chi connectivity index (χ4v) is 3.22. The van der Waals surface area contributed by atoms with E-state index in [1.54, 1.807) is 30.2 Å². The Morgan fingerprint density at radius 3 is 2.76 bits per heavy atom. The Kier molecular flexibility index (Phi) is 6.93. The van der Waals surface area contributed by atoms with E-state index in [4.69, 9.17) is 4.74 Å². The minimum atomic E-state index is -0.607. The van der Waals surface area contributed by atoms with Crippen LogP contribution in [0.15, 0.2) is 24.3 Å². The van der Waals surface area contributed by atoms with Crippen LogP contribution in [0.25, 0.3) is 0 Å².